The van der Waals surface area contributed by atoms with Crippen molar-refractivity contribution in [1.29, 1.82) is 0 Å². The molecule has 4 aromatic rings. The molecule has 1 aliphatic carbocycles. The smallest absolute Gasteiger partial charge is 0.285 e. The van der Waals surface area contributed by atoms with Crippen molar-refractivity contribution in [2.75, 3.05) is 0 Å². The molecular weight excluding hydrogens is 503 g/mol. The Labute approximate surface area is 215 Å². The molecule has 0 spiro atoms. The summed E-state index contributed by atoms with van der Waals surface area (Å²) < 4.78 is 69.6. The van der Waals surface area contributed by atoms with Gasteiger partial charge in [0.25, 0.3) is 5.56 Å². The Balaban J connectivity index is 1.51. The molecule has 5 nitrogen and oxygen atoms in total. The third-order valence-electron chi connectivity index (χ3n) is 7.20. The molecule has 38 heavy (non-hydrogen) atoms. The number of aryl methyl sites for hydroxylation is 1. The van der Waals surface area contributed by atoms with Crippen LogP contribution in [0, 0.1) is 18.6 Å². The van der Waals surface area contributed by atoms with Crippen molar-refractivity contribution >= 4 is 11.2 Å². The molecule has 0 atom stereocenters. The highest BCUT2D eigenvalue weighted by Crippen LogP contribution is 2.41. The van der Waals surface area contributed by atoms with Crippen LogP contribution < -0.4 is 5.56 Å². The molecule has 5 rings (SSSR count). The van der Waals surface area contributed by atoms with Gasteiger partial charge in [-0.15, -0.1) is 0 Å². The Hall–Kier alpha value is -3.69. The Morgan fingerprint density at radius 1 is 0.974 bits per heavy atom. The monoisotopic (exact) mass is 528 g/mol. The van der Waals surface area contributed by atoms with Crippen LogP contribution in [0.4, 0.5) is 22.0 Å². The van der Waals surface area contributed by atoms with Crippen LogP contribution in [0.1, 0.15) is 65.6 Å². The largest absolute Gasteiger partial charge is 0.393 e. The lowest BCUT2D eigenvalue weighted by Gasteiger charge is -2.29. The SMILES string of the molecule is Cc1cnc2cc([C@H]3CC[C@H](c4c(F)cccc4F)CC3)c(=O)n(Cc3ncccc3CC(F)(F)F)c2n1. The summed E-state index contributed by atoms with van der Waals surface area (Å²) >= 11 is 0. The minimum absolute atomic E-state index is 0.0153. The van der Waals surface area contributed by atoms with E-state index in [2.05, 4.69) is 15.0 Å². The van der Waals surface area contributed by atoms with E-state index in [0.29, 0.717) is 42.5 Å². The van der Waals surface area contributed by atoms with Gasteiger partial charge >= 0.3 is 6.18 Å². The van der Waals surface area contributed by atoms with E-state index >= 15 is 0 Å². The first-order valence-electron chi connectivity index (χ1n) is 12.4. The zero-order chi connectivity index (χ0) is 27.0. The van der Waals surface area contributed by atoms with Crippen LogP contribution in [0.15, 0.2) is 53.6 Å². The first kappa shape index (κ1) is 25.9. The van der Waals surface area contributed by atoms with Gasteiger partial charge in [-0.25, -0.2) is 13.8 Å². The van der Waals surface area contributed by atoms with E-state index in [1.165, 1.54) is 41.1 Å². The van der Waals surface area contributed by atoms with Gasteiger partial charge in [0.05, 0.1) is 24.4 Å². The number of alkyl halides is 3. The Morgan fingerprint density at radius 3 is 2.34 bits per heavy atom. The maximum Gasteiger partial charge on any atom is 0.393 e. The highest BCUT2D eigenvalue weighted by molar-refractivity contribution is 5.71. The van der Waals surface area contributed by atoms with Crippen LogP contribution in [0.5, 0.6) is 0 Å². The van der Waals surface area contributed by atoms with Gasteiger partial charge in [-0.2, -0.15) is 13.2 Å². The van der Waals surface area contributed by atoms with E-state index in [1.54, 1.807) is 19.2 Å². The highest BCUT2D eigenvalue weighted by atomic mass is 19.4. The number of aromatic nitrogens is 4. The molecule has 3 heterocycles. The molecule has 0 aliphatic heterocycles. The predicted octanol–water partition coefficient (Wildman–Crippen LogP) is 6.37. The number of rotatable bonds is 5. The van der Waals surface area contributed by atoms with Gasteiger partial charge < -0.3 is 0 Å². The van der Waals surface area contributed by atoms with Gasteiger partial charge in [-0.3, -0.25) is 19.3 Å². The van der Waals surface area contributed by atoms with Crippen molar-refractivity contribution in [2.24, 2.45) is 0 Å². The molecule has 198 valence electrons. The summed E-state index contributed by atoms with van der Waals surface area (Å²) in [4.78, 5) is 26.8. The summed E-state index contributed by atoms with van der Waals surface area (Å²) in [6, 6.07) is 8.30. The number of halogens is 5. The third kappa shape index (κ3) is 5.30. The Bertz CT molecular complexity index is 1520. The second-order valence-corrected chi connectivity index (χ2v) is 9.80. The molecule has 1 aromatic carbocycles. The molecule has 0 radical (unpaired) electrons. The molecule has 3 aromatic heterocycles. The first-order chi connectivity index (χ1) is 18.1. The number of pyridine rings is 2. The van der Waals surface area contributed by atoms with Crippen molar-refractivity contribution in [3.63, 3.8) is 0 Å². The van der Waals surface area contributed by atoms with E-state index in [4.69, 9.17) is 0 Å². The second-order valence-electron chi connectivity index (χ2n) is 9.80. The molecule has 0 amide bonds. The highest BCUT2D eigenvalue weighted by Gasteiger charge is 2.31. The first-order valence-corrected chi connectivity index (χ1v) is 12.4. The van der Waals surface area contributed by atoms with E-state index in [9.17, 15) is 26.7 Å². The maximum absolute atomic E-state index is 14.3. The molecule has 1 saturated carbocycles. The van der Waals surface area contributed by atoms with Gasteiger partial charge in [-0.05, 0) is 74.3 Å². The average Bonchev–Trinajstić information content (AvgIpc) is 2.86. The van der Waals surface area contributed by atoms with Crippen LogP contribution >= 0.6 is 0 Å². The fourth-order valence-corrected chi connectivity index (χ4v) is 5.41. The minimum Gasteiger partial charge on any atom is -0.285 e. The van der Waals surface area contributed by atoms with Crippen LogP contribution in [-0.4, -0.2) is 25.7 Å². The zero-order valence-corrected chi connectivity index (χ0v) is 20.6. The van der Waals surface area contributed by atoms with Gasteiger partial charge in [0.1, 0.15) is 17.2 Å². The van der Waals surface area contributed by atoms with Crippen LogP contribution in [0.2, 0.25) is 0 Å². The normalized spacial score (nSPS) is 18.2. The number of nitrogens with zero attached hydrogens (tertiary/aromatic N) is 4. The molecule has 0 saturated heterocycles. The number of hydrogen-bond acceptors (Lipinski definition) is 4. The fraction of sp³-hybridized carbons (Fsp3) is 0.357. The lowest BCUT2D eigenvalue weighted by molar-refractivity contribution is -0.127. The number of benzene rings is 1. The van der Waals surface area contributed by atoms with Crippen molar-refractivity contribution in [2.45, 2.75) is 63.6 Å². The molecule has 0 bridgehead atoms. The van der Waals surface area contributed by atoms with Gasteiger partial charge in [0.2, 0.25) is 0 Å². The molecule has 0 unspecified atom stereocenters. The van der Waals surface area contributed by atoms with Crippen molar-refractivity contribution in [3.8, 4) is 0 Å². The lowest BCUT2D eigenvalue weighted by atomic mass is 9.76. The number of fused-ring (bicyclic) bond motifs is 1. The van der Waals surface area contributed by atoms with Crippen molar-refractivity contribution in [1.82, 2.24) is 19.5 Å². The quantitative estimate of drug-likeness (QED) is 0.283. The van der Waals surface area contributed by atoms with Gasteiger partial charge in [0, 0.05) is 23.5 Å². The van der Waals surface area contributed by atoms with Crippen molar-refractivity contribution in [3.05, 3.63) is 98.9 Å². The summed E-state index contributed by atoms with van der Waals surface area (Å²) in [5.41, 5.74) is 1.56. The zero-order valence-electron chi connectivity index (χ0n) is 20.6. The standard InChI is InChI=1S/C28H25F5N4O/c1-16-14-35-23-12-20(17-7-9-18(10-8-17)25-21(29)5-2-6-22(25)30)27(38)37(26(23)36-16)15-24-19(4-3-11-34-24)13-28(31,32)33/h2-6,11-12,14,17-18H,7-10,13,15H2,1H3/t17-,18-. The molecule has 0 N–H and O–H groups in total. The molecular formula is C28H25F5N4O. The average molecular weight is 529 g/mol. The van der Waals surface area contributed by atoms with E-state index in [-0.39, 0.29) is 46.4 Å². The van der Waals surface area contributed by atoms with Gasteiger partial charge in [0.15, 0.2) is 5.65 Å². The minimum atomic E-state index is -4.43. The van der Waals surface area contributed by atoms with E-state index in [0.717, 1.165) is 0 Å². The van der Waals surface area contributed by atoms with Crippen LogP contribution in [-0.2, 0) is 13.0 Å². The summed E-state index contributed by atoms with van der Waals surface area (Å²) in [6.45, 7) is 1.53. The Kier molecular flexibility index (Phi) is 6.98. The molecule has 1 fully saturated rings. The van der Waals surface area contributed by atoms with E-state index in [1.807, 2.05) is 0 Å². The maximum atomic E-state index is 14.3. The van der Waals surface area contributed by atoms with E-state index < -0.39 is 24.2 Å². The summed E-state index contributed by atoms with van der Waals surface area (Å²) in [7, 11) is 0. The lowest BCUT2D eigenvalue weighted by Crippen LogP contribution is -2.29. The van der Waals surface area contributed by atoms with Crippen molar-refractivity contribution < 1.29 is 22.0 Å². The third-order valence-corrected chi connectivity index (χ3v) is 7.20. The number of hydrogen-bond donors (Lipinski definition) is 0. The fourth-order valence-electron chi connectivity index (χ4n) is 5.41. The van der Waals surface area contributed by atoms with Crippen LogP contribution in [0.25, 0.3) is 11.2 Å². The summed E-state index contributed by atoms with van der Waals surface area (Å²) in [6.07, 6.45) is -0.585. The predicted molar refractivity (Wildman–Crippen MR) is 132 cm³/mol. The van der Waals surface area contributed by atoms with Gasteiger partial charge in [-0.1, -0.05) is 12.1 Å². The summed E-state index contributed by atoms with van der Waals surface area (Å²) in [5, 5.41) is 0. The topological polar surface area (TPSA) is 60.7 Å². The second kappa shape index (κ2) is 10.2. The molecule has 10 heteroatoms. The summed E-state index contributed by atoms with van der Waals surface area (Å²) in [5.74, 6) is -1.63. The Morgan fingerprint density at radius 2 is 1.66 bits per heavy atom. The molecule has 1 aliphatic rings. The van der Waals surface area contributed by atoms with Crippen LogP contribution in [0.3, 0.4) is 0 Å².